The van der Waals surface area contributed by atoms with E-state index in [-0.39, 0.29) is 0 Å². The number of fused-ring (bicyclic) bond motifs is 1. The highest BCUT2D eigenvalue weighted by Gasteiger charge is 2.14. The van der Waals surface area contributed by atoms with Gasteiger partial charge >= 0.3 is 0 Å². The van der Waals surface area contributed by atoms with Crippen molar-refractivity contribution in [1.82, 2.24) is 4.90 Å². The molecular weight excluding hydrogens is 240 g/mol. The van der Waals surface area contributed by atoms with Gasteiger partial charge in [-0.15, -0.1) is 0 Å². The molecule has 19 heavy (non-hydrogen) atoms. The van der Waals surface area contributed by atoms with Crippen molar-refractivity contribution in [2.45, 2.75) is 12.8 Å². The Bertz CT molecular complexity index is 417. The van der Waals surface area contributed by atoms with Crippen LogP contribution in [0.3, 0.4) is 0 Å². The first-order valence-corrected chi connectivity index (χ1v) is 7.22. The van der Waals surface area contributed by atoms with Gasteiger partial charge in [0.2, 0.25) is 0 Å². The standard InChI is InChI=1S/C15H22N2O2/c1-3-13-4-2-6-16-15(13)14(5-1)19-12-9-17-7-10-18-11-8-17/h1,3,5,16H,2,4,6-12H2. The molecule has 1 aromatic carbocycles. The molecule has 2 heterocycles. The molecule has 0 bridgehead atoms. The van der Waals surface area contributed by atoms with E-state index in [0.717, 1.165) is 58.2 Å². The largest absolute Gasteiger partial charge is 0.490 e. The molecule has 1 aromatic rings. The molecule has 2 aliphatic heterocycles. The predicted molar refractivity (Wildman–Crippen MR) is 76.0 cm³/mol. The number of nitrogens with zero attached hydrogens (tertiary/aromatic N) is 1. The summed E-state index contributed by atoms with van der Waals surface area (Å²) >= 11 is 0. The maximum Gasteiger partial charge on any atom is 0.142 e. The minimum absolute atomic E-state index is 0.748. The van der Waals surface area contributed by atoms with E-state index in [1.807, 2.05) is 0 Å². The normalized spacial score (nSPS) is 19.6. The molecule has 0 amide bonds. The van der Waals surface area contributed by atoms with E-state index in [1.54, 1.807) is 0 Å². The monoisotopic (exact) mass is 262 g/mol. The smallest absolute Gasteiger partial charge is 0.142 e. The van der Waals surface area contributed by atoms with E-state index in [0.29, 0.717) is 0 Å². The van der Waals surface area contributed by atoms with Crippen LogP contribution >= 0.6 is 0 Å². The molecule has 4 nitrogen and oxygen atoms in total. The first-order chi connectivity index (χ1) is 9.43. The highest BCUT2D eigenvalue weighted by atomic mass is 16.5. The molecule has 1 saturated heterocycles. The van der Waals surface area contributed by atoms with Gasteiger partial charge in [0, 0.05) is 26.2 Å². The third kappa shape index (κ3) is 3.19. The first-order valence-electron chi connectivity index (χ1n) is 7.22. The van der Waals surface area contributed by atoms with Crippen molar-refractivity contribution in [1.29, 1.82) is 0 Å². The zero-order valence-electron chi connectivity index (χ0n) is 11.4. The summed E-state index contributed by atoms with van der Waals surface area (Å²) in [5.74, 6) is 1.01. The molecule has 0 unspecified atom stereocenters. The number of benzene rings is 1. The Hall–Kier alpha value is -1.26. The van der Waals surface area contributed by atoms with Crippen molar-refractivity contribution in [3.05, 3.63) is 23.8 Å². The Kier molecular flexibility index (Phi) is 4.20. The van der Waals surface area contributed by atoms with Gasteiger partial charge in [-0.05, 0) is 24.5 Å². The van der Waals surface area contributed by atoms with Crippen LogP contribution in [0.1, 0.15) is 12.0 Å². The second-order valence-corrected chi connectivity index (χ2v) is 5.12. The summed E-state index contributed by atoms with van der Waals surface area (Å²) in [5.41, 5.74) is 2.59. The number of nitrogens with one attached hydrogen (secondary N) is 1. The van der Waals surface area contributed by atoms with Crippen LogP contribution in [0.15, 0.2) is 18.2 Å². The van der Waals surface area contributed by atoms with Crippen molar-refractivity contribution in [2.75, 3.05) is 51.3 Å². The molecule has 0 radical (unpaired) electrons. The lowest BCUT2D eigenvalue weighted by Gasteiger charge is -2.27. The summed E-state index contributed by atoms with van der Waals surface area (Å²) in [5, 5.41) is 3.46. The van der Waals surface area contributed by atoms with Crippen LogP contribution < -0.4 is 10.1 Å². The van der Waals surface area contributed by atoms with Crippen LogP contribution in [0.25, 0.3) is 0 Å². The summed E-state index contributed by atoms with van der Waals surface area (Å²) < 4.78 is 11.3. The molecule has 3 rings (SSSR count). The van der Waals surface area contributed by atoms with Gasteiger partial charge < -0.3 is 14.8 Å². The minimum atomic E-state index is 0.748. The molecule has 2 aliphatic rings. The van der Waals surface area contributed by atoms with E-state index < -0.39 is 0 Å². The van der Waals surface area contributed by atoms with Crippen LogP contribution in [0.2, 0.25) is 0 Å². The number of rotatable bonds is 4. The molecule has 0 aromatic heterocycles. The third-order valence-corrected chi connectivity index (χ3v) is 3.81. The fraction of sp³-hybridized carbons (Fsp3) is 0.600. The van der Waals surface area contributed by atoms with Crippen LogP contribution in [0.5, 0.6) is 5.75 Å². The average Bonchev–Trinajstić information content (AvgIpc) is 2.49. The second-order valence-electron chi connectivity index (χ2n) is 5.12. The van der Waals surface area contributed by atoms with Gasteiger partial charge in [0.1, 0.15) is 12.4 Å². The fourth-order valence-corrected chi connectivity index (χ4v) is 2.71. The van der Waals surface area contributed by atoms with Crippen LogP contribution in [-0.4, -0.2) is 50.9 Å². The molecule has 0 aliphatic carbocycles. The predicted octanol–water partition coefficient (Wildman–Crippen LogP) is 1.76. The lowest BCUT2D eigenvalue weighted by atomic mass is 10.0. The number of aryl methyl sites for hydroxylation is 1. The van der Waals surface area contributed by atoms with Crippen LogP contribution in [0, 0.1) is 0 Å². The summed E-state index contributed by atoms with van der Waals surface area (Å²) in [6, 6.07) is 6.35. The van der Waals surface area contributed by atoms with Crippen molar-refractivity contribution in [3.63, 3.8) is 0 Å². The second kappa shape index (κ2) is 6.26. The quantitative estimate of drug-likeness (QED) is 0.896. The number of ether oxygens (including phenoxy) is 2. The van der Waals surface area contributed by atoms with Gasteiger partial charge in [0.15, 0.2) is 0 Å². The fourth-order valence-electron chi connectivity index (χ4n) is 2.71. The van der Waals surface area contributed by atoms with Gasteiger partial charge in [-0.3, -0.25) is 4.90 Å². The van der Waals surface area contributed by atoms with E-state index in [9.17, 15) is 0 Å². The Morgan fingerprint density at radius 2 is 2.16 bits per heavy atom. The third-order valence-electron chi connectivity index (χ3n) is 3.81. The van der Waals surface area contributed by atoms with Gasteiger partial charge in [-0.1, -0.05) is 12.1 Å². The molecule has 1 N–H and O–H groups in total. The molecule has 0 saturated carbocycles. The average molecular weight is 262 g/mol. The number of morpholine rings is 1. The Morgan fingerprint density at radius 3 is 3.05 bits per heavy atom. The summed E-state index contributed by atoms with van der Waals surface area (Å²) in [6.07, 6.45) is 2.37. The Morgan fingerprint density at radius 1 is 1.26 bits per heavy atom. The van der Waals surface area contributed by atoms with Crippen molar-refractivity contribution in [2.24, 2.45) is 0 Å². The summed E-state index contributed by atoms with van der Waals surface area (Å²) in [4.78, 5) is 2.40. The zero-order valence-corrected chi connectivity index (χ0v) is 11.4. The lowest BCUT2D eigenvalue weighted by molar-refractivity contribution is 0.0323. The zero-order chi connectivity index (χ0) is 12.9. The SMILES string of the molecule is c1cc2c(c(OCCN3CCOCC3)c1)NCCC2. The van der Waals surface area contributed by atoms with Gasteiger partial charge in [-0.25, -0.2) is 0 Å². The number of hydrogen-bond acceptors (Lipinski definition) is 4. The maximum absolute atomic E-state index is 5.96. The highest BCUT2D eigenvalue weighted by molar-refractivity contribution is 5.63. The van der Waals surface area contributed by atoms with Crippen molar-refractivity contribution in [3.8, 4) is 5.75 Å². The highest BCUT2D eigenvalue weighted by Crippen LogP contribution is 2.31. The molecular formula is C15H22N2O2. The Balaban J connectivity index is 1.54. The topological polar surface area (TPSA) is 33.7 Å². The first kappa shape index (κ1) is 12.8. The minimum Gasteiger partial charge on any atom is -0.490 e. The molecule has 4 heteroatoms. The van der Waals surface area contributed by atoms with E-state index >= 15 is 0 Å². The summed E-state index contributed by atoms with van der Waals surface area (Å²) in [6.45, 7) is 6.52. The van der Waals surface area contributed by atoms with Gasteiger partial charge in [0.05, 0.1) is 18.9 Å². The van der Waals surface area contributed by atoms with Crippen molar-refractivity contribution >= 4 is 5.69 Å². The van der Waals surface area contributed by atoms with Crippen LogP contribution in [-0.2, 0) is 11.2 Å². The van der Waals surface area contributed by atoms with Crippen molar-refractivity contribution < 1.29 is 9.47 Å². The number of hydrogen-bond donors (Lipinski definition) is 1. The maximum atomic E-state index is 5.96. The Labute approximate surface area is 114 Å². The summed E-state index contributed by atoms with van der Waals surface area (Å²) in [7, 11) is 0. The van der Waals surface area contributed by atoms with Crippen LogP contribution in [0.4, 0.5) is 5.69 Å². The molecule has 1 fully saturated rings. The lowest BCUT2D eigenvalue weighted by Crippen LogP contribution is -2.38. The molecule has 0 spiro atoms. The molecule has 0 atom stereocenters. The van der Waals surface area contributed by atoms with E-state index in [4.69, 9.17) is 9.47 Å². The van der Waals surface area contributed by atoms with E-state index in [1.165, 1.54) is 17.7 Å². The number of para-hydroxylation sites is 1. The number of anilines is 1. The van der Waals surface area contributed by atoms with Gasteiger partial charge in [-0.2, -0.15) is 0 Å². The van der Waals surface area contributed by atoms with E-state index in [2.05, 4.69) is 28.4 Å². The molecule has 104 valence electrons. The van der Waals surface area contributed by atoms with Gasteiger partial charge in [0.25, 0.3) is 0 Å².